The molecule has 0 N–H and O–H groups in total. The van der Waals surface area contributed by atoms with Crippen LogP contribution >= 0.6 is 0 Å². The van der Waals surface area contributed by atoms with Gasteiger partial charge in [-0.3, -0.25) is 9.36 Å². The van der Waals surface area contributed by atoms with E-state index in [0.29, 0.717) is 23.8 Å². The minimum absolute atomic E-state index is 0.304. The minimum atomic E-state index is -0.306. The summed E-state index contributed by atoms with van der Waals surface area (Å²) in [5.41, 5.74) is 0.798. The molecule has 0 saturated heterocycles. The van der Waals surface area contributed by atoms with Gasteiger partial charge in [0.25, 0.3) is 0 Å². The highest BCUT2D eigenvalue weighted by Crippen LogP contribution is 2.14. The van der Waals surface area contributed by atoms with Gasteiger partial charge in [-0.2, -0.15) is 4.98 Å². The van der Waals surface area contributed by atoms with Crippen LogP contribution in [0.2, 0.25) is 0 Å². The van der Waals surface area contributed by atoms with Gasteiger partial charge in [0.1, 0.15) is 5.82 Å². The second-order valence-corrected chi connectivity index (χ2v) is 3.58. The number of rotatable bonds is 2. The topological polar surface area (TPSA) is 61.9 Å². The number of hydrogen-bond donors (Lipinski definition) is 0. The Morgan fingerprint density at radius 1 is 1.25 bits per heavy atom. The largest absolute Gasteiger partial charge is 0.465 e. The number of aryl methyl sites for hydroxylation is 3. The maximum atomic E-state index is 11.8. The van der Waals surface area contributed by atoms with Crippen molar-refractivity contribution in [1.29, 1.82) is 0 Å². The van der Waals surface area contributed by atoms with Crippen LogP contribution in [0.25, 0.3) is 11.2 Å². The Kier molecular flexibility index (Phi) is 2.41. The normalized spacial score (nSPS) is 11.0. The first-order chi connectivity index (χ1) is 7.56. The first-order valence-corrected chi connectivity index (χ1v) is 5.09. The van der Waals surface area contributed by atoms with Crippen LogP contribution in [-0.4, -0.2) is 25.7 Å². The second-order valence-electron chi connectivity index (χ2n) is 3.58. The highest BCUT2D eigenvalue weighted by molar-refractivity contribution is 5.71. The molecule has 0 saturated carbocycles. The molecule has 2 aromatic heterocycles. The molecule has 2 aromatic rings. The van der Waals surface area contributed by atoms with E-state index < -0.39 is 0 Å². The molecule has 0 radical (unpaired) electrons. The lowest BCUT2D eigenvalue weighted by Gasteiger charge is -2.07. The molecule has 0 fully saturated rings. The van der Waals surface area contributed by atoms with Crippen molar-refractivity contribution in [3.05, 3.63) is 16.2 Å². The third-order valence-corrected chi connectivity index (χ3v) is 2.58. The quantitative estimate of drug-likeness (QED) is 0.736. The fourth-order valence-corrected chi connectivity index (χ4v) is 1.63. The van der Waals surface area contributed by atoms with Gasteiger partial charge in [-0.1, -0.05) is 0 Å². The van der Waals surface area contributed by atoms with E-state index in [-0.39, 0.29) is 5.56 Å². The Bertz CT molecular complexity index is 597. The van der Waals surface area contributed by atoms with Gasteiger partial charge < -0.3 is 9.30 Å². The van der Waals surface area contributed by atoms with Gasteiger partial charge in [-0.25, -0.2) is 4.98 Å². The molecule has 0 aromatic carbocycles. The van der Waals surface area contributed by atoms with Gasteiger partial charge in [0.2, 0.25) is 0 Å². The molecule has 0 aliphatic rings. The van der Waals surface area contributed by atoms with Gasteiger partial charge in [0, 0.05) is 14.1 Å². The number of fused-ring (bicyclic) bond motifs is 1. The molecule has 0 aliphatic carbocycles. The zero-order chi connectivity index (χ0) is 11.9. The zero-order valence-corrected chi connectivity index (χ0v) is 9.81. The van der Waals surface area contributed by atoms with E-state index in [1.807, 2.05) is 13.8 Å². The summed E-state index contributed by atoms with van der Waals surface area (Å²) in [5.74, 6) is 0.776. The summed E-state index contributed by atoms with van der Waals surface area (Å²) in [5, 5.41) is 0. The minimum Gasteiger partial charge on any atom is -0.465 e. The second kappa shape index (κ2) is 3.62. The smallest absolute Gasteiger partial charge is 0.302 e. The standard InChI is InChI=1S/C10H14N4O2/c1-5-16-10-12-9(15)7-8(14(10)4)11-6(2)13(7)3/h5H2,1-4H3. The Labute approximate surface area is 92.5 Å². The van der Waals surface area contributed by atoms with Crippen LogP contribution in [0, 0.1) is 6.92 Å². The Morgan fingerprint density at radius 2 is 1.94 bits per heavy atom. The van der Waals surface area contributed by atoms with Crippen molar-refractivity contribution in [2.45, 2.75) is 13.8 Å². The average molecular weight is 222 g/mol. The first-order valence-electron chi connectivity index (χ1n) is 5.09. The van der Waals surface area contributed by atoms with Crippen LogP contribution in [0.3, 0.4) is 0 Å². The first kappa shape index (κ1) is 10.7. The van der Waals surface area contributed by atoms with Crippen molar-refractivity contribution in [3.8, 4) is 6.01 Å². The van der Waals surface area contributed by atoms with Crippen molar-refractivity contribution >= 4 is 11.2 Å². The maximum absolute atomic E-state index is 11.8. The van der Waals surface area contributed by atoms with E-state index in [1.54, 1.807) is 23.2 Å². The van der Waals surface area contributed by atoms with Gasteiger partial charge in [0.15, 0.2) is 11.2 Å². The number of ether oxygens (including phenoxy) is 1. The summed E-state index contributed by atoms with van der Waals surface area (Å²) in [6.07, 6.45) is 0. The van der Waals surface area contributed by atoms with Crippen molar-refractivity contribution in [2.24, 2.45) is 14.1 Å². The monoisotopic (exact) mass is 222 g/mol. The molecule has 16 heavy (non-hydrogen) atoms. The SMILES string of the molecule is CCOc1nc(=O)c2c(nc(C)n2C)n1C. The van der Waals surface area contributed by atoms with E-state index in [9.17, 15) is 4.79 Å². The number of imidazole rings is 1. The van der Waals surface area contributed by atoms with E-state index in [1.165, 1.54) is 0 Å². The highest BCUT2D eigenvalue weighted by Gasteiger charge is 2.14. The summed E-state index contributed by atoms with van der Waals surface area (Å²) in [7, 11) is 3.58. The number of aromatic nitrogens is 4. The van der Waals surface area contributed by atoms with E-state index in [4.69, 9.17) is 4.74 Å². The number of nitrogens with zero attached hydrogens (tertiary/aromatic N) is 4. The molecule has 0 spiro atoms. The lowest BCUT2D eigenvalue weighted by Crippen LogP contribution is -2.17. The molecule has 2 heterocycles. The van der Waals surface area contributed by atoms with Gasteiger partial charge >= 0.3 is 11.6 Å². The van der Waals surface area contributed by atoms with Crippen molar-refractivity contribution in [2.75, 3.05) is 6.61 Å². The Morgan fingerprint density at radius 3 is 2.56 bits per heavy atom. The third-order valence-electron chi connectivity index (χ3n) is 2.58. The maximum Gasteiger partial charge on any atom is 0.302 e. The van der Waals surface area contributed by atoms with Crippen LogP contribution in [-0.2, 0) is 14.1 Å². The summed E-state index contributed by atoms with van der Waals surface area (Å²) in [6.45, 7) is 4.16. The molecule has 2 rings (SSSR count). The molecule has 6 nitrogen and oxygen atoms in total. The lowest BCUT2D eigenvalue weighted by molar-refractivity contribution is 0.299. The summed E-state index contributed by atoms with van der Waals surface area (Å²) in [6, 6.07) is 0.304. The average Bonchev–Trinajstić information content (AvgIpc) is 2.53. The van der Waals surface area contributed by atoms with Crippen molar-refractivity contribution in [3.63, 3.8) is 0 Å². The third kappa shape index (κ3) is 1.37. The van der Waals surface area contributed by atoms with E-state index >= 15 is 0 Å². The Hall–Kier alpha value is -1.85. The number of hydrogen-bond acceptors (Lipinski definition) is 4. The molecule has 6 heteroatoms. The summed E-state index contributed by atoms with van der Waals surface area (Å²) < 4.78 is 8.70. The summed E-state index contributed by atoms with van der Waals surface area (Å²) in [4.78, 5) is 20.0. The molecule has 0 bridgehead atoms. The van der Waals surface area contributed by atoms with E-state index in [2.05, 4.69) is 9.97 Å². The van der Waals surface area contributed by atoms with Gasteiger partial charge in [-0.15, -0.1) is 0 Å². The van der Waals surface area contributed by atoms with Crippen LogP contribution < -0.4 is 10.3 Å². The van der Waals surface area contributed by atoms with Crippen LogP contribution in [0.5, 0.6) is 6.01 Å². The molecule has 0 atom stereocenters. The molecule has 86 valence electrons. The van der Waals surface area contributed by atoms with Gasteiger partial charge in [-0.05, 0) is 13.8 Å². The molecular formula is C10H14N4O2. The van der Waals surface area contributed by atoms with Crippen LogP contribution in [0.15, 0.2) is 4.79 Å². The zero-order valence-electron chi connectivity index (χ0n) is 9.81. The van der Waals surface area contributed by atoms with Crippen molar-refractivity contribution in [1.82, 2.24) is 19.1 Å². The van der Waals surface area contributed by atoms with Crippen molar-refractivity contribution < 1.29 is 4.74 Å². The predicted molar refractivity (Wildman–Crippen MR) is 59.7 cm³/mol. The fourth-order valence-electron chi connectivity index (χ4n) is 1.63. The lowest BCUT2D eigenvalue weighted by atomic mass is 10.5. The molecule has 0 aliphatic heterocycles. The molecular weight excluding hydrogens is 208 g/mol. The van der Waals surface area contributed by atoms with E-state index in [0.717, 1.165) is 5.82 Å². The fraction of sp³-hybridized carbons (Fsp3) is 0.500. The summed E-state index contributed by atoms with van der Waals surface area (Å²) >= 11 is 0. The highest BCUT2D eigenvalue weighted by atomic mass is 16.5. The Balaban J connectivity index is 2.85. The van der Waals surface area contributed by atoms with Crippen LogP contribution in [0.1, 0.15) is 12.7 Å². The molecule has 0 amide bonds. The molecule has 0 unspecified atom stereocenters. The predicted octanol–water partition coefficient (Wildman–Crippen LogP) is 0.374. The van der Waals surface area contributed by atoms with Gasteiger partial charge in [0.05, 0.1) is 6.61 Å². The van der Waals surface area contributed by atoms with Crippen LogP contribution in [0.4, 0.5) is 0 Å².